The predicted molar refractivity (Wildman–Crippen MR) is 80.6 cm³/mol. The smallest absolute Gasteiger partial charge is 0.240 e. The monoisotopic (exact) mass is 280 g/mol. The molecule has 0 fully saturated rings. The fraction of sp³-hybridized carbons (Fsp3) is 0.467. The Hall–Kier alpha value is -1.35. The molecule has 0 heterocycles. The van der Waals surface area contributed by atoms with Crippen LogP contribution >= 0.6 is 11.6 Å². The third kappa shape index (κ3) is 7.62. The lowest BCUT2D eigenvalue weighted by molar-refractivity contribution is -0.121. The van der Waals surface area contributed by atoms with E-state index in [2.05, 4.69) is 17.5 Å². The molecule has 0 aliphatic carbocycles. The lowest BCUT2D eigenvalue weighted by Crippen LogP contribution is -2.16. The molecular weight excluding hydrogens is 260 g/mol. The Morgan fingerprint density at radius 1 is 1.32 bits per heavy atom. The Labute approximate surface area is 120 Å². The highest BCUT2D eigenvalue weighted by molar-refractivity contribution is 6.30. The van der Waals surface area contributed by atoms with E-state index < -0.39 is 0 Å². The Morgan fingerprint density at radius 3 is 2.84 bits per heavy atom. The van der Waals surface area contributed by atoms with Crippen LogP contribution in [0.15, 0.2) is 29.4 Å². The van der Waals surface area contributed by atoms with Gasteiger partial charge < -0.3 is 0 Å². The maximum atomic E-state index is 11.5. The minimum Gasteiger partial charge on any atom is -0.273 e. The molecule has 0 spiro atoms. The van der Waals surface area contributed by atoms with Gasteiger partial charge in [0.25, 0.3) is 0 Å². The van der Waals surface area contributed by atoms with Crippen LogP contribution in [0.1, 0.15) is 51.0 Å². The van der Waals surface area contributed by atoms with Gasteiger partial charge in [-0.3, -0.25) is 4.79 Å². The molecule has 1 aromatic rings. The normalized spacial score (nSPS) is 10.8. The number of nitrogens with one attached hydrogen (secondary N) is 1. The number of unbranched alkanes of at least 4 members (excludes halogenated alkanes) is 4. The number of nitrogens with zero attached hydrogens (tertiary/aromatic N) is 1. The lowest BCUT2D eigenvalue weighted by Gasteiger charge is -2.00. The van der Waals surface area contributed by atoms with Crippen LogP contribution in [-0.2, 0) is 4.79 Å². The second-order valence-electron chi connectivity index (χ2n) is 4.51. The van der Waals surface area contributed by atoms with Gasteiger partial charge in [-0.1, -0.05) is 56.3 Å². The van der Waals surface area contributed by atoms with Crippen LogP contribution in [0.2, 0.25) is 5.02 Å². The molecule has 0 bridgehead atoms. The van der Waals surface area contributed by atoms with Crippen LogP contribution in [-0.4, -0.2) is 12.1 Å². The van der Waals surface area contributed by atoms with Gasteiger partial charge in [-0.05, 0) is 24.1 Å². The summed E-state index contributed by atoms with van der Waals surface area (Å²) in [5, 5.41) is 4.57. The standard InChI is InChI=1S/C15H21ClN2O/c1-2-3-4-5-6-10-15(19)18-17-12-13-8-7-9-14(16)11-13/h7-9,11-12H,2-6,10H2,1H3,(H,18,19). The first-order valence-corrected chi connectivity index (χ1v) is 7.17. The summed E-state index contributed by atoms with van der Waals surface area (Å²) in [6.45, 7) is 2.18. The number of hydrazone groups is 1. The van der Waals surface area contributed by atoms with E-state index in [9.17, 15) is 4.79 Å². The van der Waals surface area contributed by atoms with E-state index >= 15 is 0 Å². The van der Waals surface area contributed by atoms with Crippen LogP contribution < -0.4 is 5.43 Å². The molecule has 3 nitrogen and oxygen atoms in total. The van der Waals surface area contributed by atoms with Crippen molar-refractivity contribution >= 4 is 23.7 Å². The SMILES string of the molecule is CCCCCCCC(=O)NN=Cc1cccc(Cl)c1. The van der Waals surface area contributed by atoms with Gasteiger partial charge >= 0.3 is 0 Å². The first-order chi connectivity index (χ1) is 9.22. The fourth-order valence-electron chi connectivity index (χ4n) is 1.71. The van der Waals surface area contributed by atoms with E-state index in [4.69, 9.17) is 11.6 Å². The number of hydrogen-bond acceptors (Lipinski definition) is 2. The van der Waals surface area contributed by atoms with Crippen LogP contribution in [0.3, 0.4) is 0 Å². The van der Waals surface area contributed by atoms with Crippen molar-refractivity contribution in [2.45, 2.75) is 45.4 Å². The Balaban J connectivity index is 2.19. The highest BCUT2D eigenvalue weighted by Gasteiger charge is 1.98. The van der Waals surface area contributed by atoms with Crippen LogP contribution in [0.5, 0.6) is 0 Å². The van der Waals surface area contributed by atoms with E-state index in [1.165, 1.54) is 19.3 Å². The van der Waals surface area contributed by atoms with Crippen molar-refractivity contribution in [3.05, 3.63) is 34.9 Å². The Kier molecular flexibility index (Phi) is 7.91. The first kappa shape index (κ1) is 15.7. The van der Waals surface area contributed by atoms with E-state index in [0.29, 0.717) is 11.4 Å². The Bertz CT molecular complexity index is 418. The van der Waals surface area contributed by atoms with E-state index in [1.807, 2.05) is 12.1 Å². The van der Waals surface area contributed by atoms with Crippen LogP contribution in [0.25, 0.3) is 0 Å². The molecule has 0 saturated carbocycles. The topological polar surface area (TPSA) is 41.5 Å². The van der Waals surface area contributed by atoms with Crippen molar-refractivity contribution in [1.82, 2.24) is 5.43 Å². The summed E-state index contributed by atoms with van der Waals surface area (Å²) in [6.07, 6.45) is 7.84. The maximum absolute atomic E-state index is 11.5. The molecule has 1 aromatic carbocycles. The number of amides is 1. The number of hydrogen-bond donors (Lipinski definition) is 1. The second kappa shape index (κ2) is 9.56. The van der Waals surface area contributed by atoms with Crippen LogP contribution in [0, 0.1) is 0 Å². The number of carbonyl (C=O) groups is 1. The van der Waals surface area contributed by atoms with Gasteiger partial charge in [0, 0.05) is 11.4 Å². The molecule has 0 aliphatic heterocycles. The van der Waals surface area contributed by atoms with Gasteiger partial charge in [0.15, 0.2) is 0 Å². The minimum absolute atomic E-state index is 0.0326. The molecule has 0 unspecified atom stereocenters. The summed E-state index contributed by atoms with van der Waals surface area (Å²) in [5.74, 6) is -0.0326. The molecule has 0 aliphatic rings. The molecule has 1 N–H and O–H groups in total. The zero-order chi connectivity index (χ0) is 13.9. The zero-order valence-corrected chi connectivity index (χ0v) is 12.1. The molecule has 1 rings (SSSR count). The Morgan fingerprint density at radius 2 is 2.11 bits per heavy atom. The molecule has 0 aromatic heterocycles. The summed E-state index contributed by atoms with van der Waals surface area (Å²) in [5.41, 5.74) is 3.40. The molecule has 104 valence electrons. The maximum Gasteiger partial charge on any atom is 0.240 e. The van der Waals surface area contributed by atoms with Crippen molar-refractivity contribution in [3.63, 3.8) is 0 Å². The van der Waals surface area contributed by atoms with Crippen molar-refractivity contribution in [2.24, 2.45) is 5.10 Å². The molecule has 19 heavy (non-hydrogen) atoms. The highest BCUT2D eigenvalue weighted by atomic mass is 35.5. The van der Waals surface area contributed by atoms with Crippen molar-refractivity contribution in [3.8, 4) is 0 Å². The quantitative estimate of drug-likeness (QED) is 0.434. The zero-order valence-electron chi connectivity index (χ0n) is 11.4. The van der Waals surface area contributed by atoms with Crippen molar-refractivity contribution in [1.29, 1.82) is 0 Å². The molecule has 4 heteroatoms. The van der Waals surface area contributed by atoms with E-state index in [-0.39, 0.29) is 5.91 Å². The summed E-state index contributed by atoms with van der Waals surface area (Å²) in [6, 6.07) is 7.32. The fourth-order valence-corrected chi connectivity index (χ4v) is 1.91. The summed E-state index contributed by atoms with van der Waals surface area (Å²) >= 11 is 5.85. The van der Waals surface area contributed by atoms with Gasteiger partial charge in [0.1, 0.15) is 0 Å². The highest BCUT2D eigenvalue weighted by Crippen LogP contribution is 2.08. The molecule has 1 amide bonds. The second-order valence-corrected chi connectivity index (χ2v) is 4.95. The van der Waals surface area contributed by atoms with Gasteiger partial charge in [-0.25, -0.2) is 5.43 Å². The summed E-state index contributed by atoms with van der Waals surface area (Å²) in [7, 11) is 0. The number of rotatable bonds is 8. The number of benzene rings is 1. The third-order valence-corrected chi connectivity index (χ3v) is 2.99. The first-order valence-electron chi connectivity index (χ1n) is 6.80. The minimum atomic E-state index is -0.0326. The summed E-state index contributed by atoms with van der Waals surface area (Å²) < 4.78 is 0. The average molecular weight is 281 g/mol. The number of carbonyl (C=O) groups excluding carboxylic acids is 1. The average Bonchev–Trinajstić information content (AvgIpc) is 2.38. The van der Waals surface area contributed by atoms with E-state index in [0.717, 1.165) is 18.4 Å². The summed E-state index contributed by atoms with van der Waals surface area (Å²) in [4.78, 5) is 11.5. The molecule has 0 radical (unpaired) electrons. The lowest BCUT2D eigenvalue weighted by atomic mass is 10.1. The largest absolute Gasteiger partial charge is 0.273 e. The van der Waals surface area contributed by atoms with Crippen LogP contribution in [0.4, 0.5) is 0 Å². The van der Waals surface area contributed by atoms with Gasteiger partial charge in [-0.15, -0.1) is 0 Å². The van der Waals surface area contributed by atoms with Crippen molar-refractivity contribution in [2.75, 3.05) is 0 Å². The van der Waals surface area contributed by atoms with Crippen molar-refractivity contribution < 1.29 is 4.79 Å². The van der Waals surface area contributed by atoms with Gasteiger partial charge in [0.2, 0.25) is 5.91 Å². The van der Waals surface area contributed by atoms with Gasteiger partial charge in [0.05, 0.1) is 6.21 Å². The molecular formula is C15H21ClN2O. The molecule has 0 atom stereocenters. The van der Waals surface area contributed by atoms with E-state index in [1.54, 1.807) is 18.3 Å². The number of halogens is 1. The van der Waals surface area contributed by atoms with Gasteiger partial charge in [-0.2, -0.15) is 5.10 Å². The molecule has 0 saturated heterocycles. The third-order valence-electron chi connectivity index (χ3n) is 2.76. The predicted octanol–water partition coefficient (Wildman–Crippen LogP) is 4.15.